The molecular formula is C11H14N4O. The number of fused-ring (bicyclic) bond motifs is 3. The average molecular weight is 218 g/mol. The molecule has 0 saturated heterocycles. The van der Waals surface area contributed by atoms with E-state index < -0.39 is 0 Å². The van der Waals surface area contributed by atoms with Crippen molar-refractivity contribution in [1.29, 1.82) is 0 Å². The highest BCUT2D eigenvalue weighted by molar-refractivity contribution is 5.98. The summed E-state index contributed by atoms with van der Waals surface area (Å²) >= 11 is 0. The lowest BCUT2D eigenvalue weighted by Gasteiger charge is -2.35. The Kier molecular flexibility index (Phi) is 1.83. The minimum atomic E-state index is -0.317. The highest BCUT2D eigenvalue weighted by Crippen LogP contribution is 2.33. The molecular weight excluding hydrogens is 204 g/mol. The molecule has 0 fully saturated rings. The lowest BCUT2D eigenvalue weighted by Crippen LogP contribution is -2.45. The third kappa shape index (κ3) is 1.11. The molecule has 0 radical (unpaired) electrons. The van der Waals surface area contributed by atoms with Crippen LogP contribution in [0.3, 0.4) is 0 Å². The van der Waals surface area contributed by atoms with Crippen molar-refractivity contribution >= 4 is 18.1 Å². The van der Waals surface area contributed by atoms with Crippen LogP contribution in [0, 0.1) is 0 Å². The predicted octanol–water partition coefficient (Wildman–Crippen LogP) is 1.06. The standard InChI is InChI=1S/C11H14N4O/c1-7(2)15-6-12-9-10(16)13-8-4-3-5-14(8)11(9)15/h3-7,9,11H,1-2H3,(H,13,16). The topological polar surface area (TPSA) is 49.6 Å². The molecule has 2 aliphatic rings. The van der Waals surface area contributed by atoms with E-state index in [4.69, 9.17) is 0 Å². The average Bonchev–Trinajstić information content (AvgIpc) is 2.80. The van der Waals surface area contributed by atoms with E-state index in [-0.39, 0.29) is 18.1 Å². The molecule has 5 nitrogen and oxygen atoms in total. The summed E-state index contributed by atoms with van der Waals surface area (Å²) in [4.78, 5) is 18.2. The molecule has 1 N–H and O–H groups in total. The largest absolute Gasteiger partial charge is 0.337 e. The van der Waals surface area contributed by atoms with E-state index in [9.17, 15) is 4.79 Å². The zero-order valence-corrected chi connectivity index (χ0v) is 9.29. The van der Waals surface area contributed by atoms with E-state index >= 15 is 0 Å². The molecule has 16 heavy (non-hydrogen) atoms. The van der Waals surface area contributed by atoms with Gasteiger partial charge in [-0.05, 0) is 26.0 Å². The maximum atomic E-state index is 11.8. The van der Waals surface area contributed by atoms with Gasteiger partial charge in [0.1, 0.15) is 12.0 Å². The van der Waals surface area contributed by atoms with Gasteiger partial charge in [0, 0.05) is 12.2 Å². The highest BCUT2D eigenvalue weighted by atomic mass is 16.2. The molecule has 1 aromatic rings. The SMILES string of the molecule is CC(C)N1C=NC2C(=O)Nc3cccn3C21. The first-order valence-electron chi connectivity index (χ1n) is 5.47. The number of carbonyl (C=O) groups is 1. The minimum Gasteiger partial charge on any atom is -0.337 e. The number of carbonyl (C=O) groups excluding carboxylic acids is 1. The second-order valence-corrected chi connectivity index (χ2v) is 4.45. The molecule has 2 atom stereocenters. The highest BCUT2D eigenvalue weighted by Gasteiger charge is 2.42. The molecule has 84 valence electrons. The molecule has 2 unspecified atom stereocenters. The first kappa shape index (κ1) is 9.45. The van der Waals surface area contributed by atoms with Crippen LogP contribution in [0.4, 0.5) is 5.82 Å². The molecule has 0 aliphatic carbocycles. The molecule has 1 amide bonds. The summed E-state index contributed by atoms with van der Waals surface area (Å²) in [5, 5.41) is 2.85. The van der Waals surface area contributed by atoms with Gasteiger partial charge in [-0.15, -0.1) is 0 Å². The first-order valence-corrected chi connectivity index (χ1v) is 5.47. The Hall–Kier alpha value is -1.78. The number of aromatic nitrogens is 1. The molecule has 0 bridgehead atoms. The van der Waals surface area contributed by atoms with Crippen molar-refractivity contribution in [3.05, 3.63) is 18.3 Å². The van der Waals surface area contributed by atoms with Crippen LogP contribution >= 0.6 is 0 Å². The Bertz CT molecular complexity index is 462. The minimum absolute atomic E-state index is 0.00116. The summed E-state index contributed by atoms with van der Waals surface area (Å²) in [5.41, 5.74) is 0. The van der Waals surface area contributed by atoms with Crippen LogP contribution in [0.1, 0.15) is 20.0 Å². The zero-order chi connectivity index (χ0) is 11.3. The van der Waals surface area contributed by atoms with E-state index in [1.807, 2.05) is 18.3 Å². The summed E-state index contributed by atoms with van der Waals surface area (Å²) < 4.78 is 2.07. The zero-order valence-electron chi connectivity index (χ0n) is 9.29. The molecule has 1 aromatic heterocycles. The van der Waals surface area contributed by atoms with Crippen molar-refractivity contribution < 1.29 is 4.79 Å². The normalized spacial score (nSPS) is 26.9. The van der Waals surface area contributed by atoms with Gasteiger partial charge in [-0.3, -0.25) is 9.79 Å². The molecule has 0 aromatic carbocycles. The lowest BCUT2D eigenvalue weighted by atomic mass is 10.1. The second kappa shape index (κ2) is 3.10. The van der Waals surface area contributed by atoms with Crippen LogP contribution in [0.5, 0.6) is 0 Å². The van der Waals surface area contributed by atoms with Gasteiger partial charge >= 0.3 is 0 Å². The number of aliphatic imine (C=N–C) groups is 1. The third-order valence-corrected chi connectivity index (χ3v) is 3.13. The molecule has 0 saturated carbocycles. The summed E-state index contributed by atoms with van der Waals surface area (Å²) in [7, 11) is 0. The fourth-order valence-corrected chi connectivity index (χ4v) is 2.33. The molecule has 3 rings (SSSR count). The number of anilines is 1. The Morgan fingerprint density at radius 3 is 3.06 bits per heavy atom. The lowest BCUT2D eigenvalue weighted by molar-refractivity contribution is -0.119. The van der Waals surface area contributed by atoms with E-state index in [1.165, 1.54) is 0 Å². The predicted molar refractivity (Wildman–Crippen MR) is 61.4 cm³/mol. The monoisotopic (exact) mass is 218 g/mol. The Morgan fingerprint density at radius 1 is 1.50 bits per heavy atom. The van der Waals surface area contributed by atoms with Crippen LogP contribution in [-0.4, -0.2) is 33.8 Å². The van der Waals surface area contributed by atoms with Crippen molar-refractivity contribution in [1.82, 2.24) is 9.47 Å². The summed E-state index contributed by atoms with van der Waals surface area (Å²) in [6.45, 7) is 4.20. The molecule has 0 spiro atoms. The third-order valence-electron chi connectivity index (χ3n) is 3.13. The van der Waals surface area contributed by atoms with Crippen LogP contribution < -0.4 is 5.32 Å². The number of rotatable bonds is 1. The summed E-state index contributed by atoms with van der Waals surface area (Å²) in [5.74, 6) is 0.831. The summed E-state index contributed by atoms with van der Waals surface area (Å²) in [6, 6.07) is 3.86. The van der Waals surface area contributed by atoms with Crippen LogP contribution in [0.15, 0.2) is 23.3 Å². The number of amides is 1. The van der Waals surface area contributed by atoms with Crippen molar-refractivity contribution in [3.8, 4) is 0 Å². The number of nitrogens with one attached hydrogen (secondary N) is 1. The van der Waals surface area contributed by atoms with Gasteiger partial charge in [-0.25, -0.2) is 0 Å². The Morgan fingerprint density at radius 2 is 2.31 bits per heavy atom. The van der Waals surface area contributed by atoms with Gasteiger partial charge < -0.3 is 14.8 Å². The number of nitrogens with zero attached hydrogens (tertiary/aromatic N) is 3. The number of hydrogen-bond donors (Lipinski definition) is 1. The maximum absolute atomic E-state index is 11.8. The van der Waals surface area contributed by atoms with Gasteiger partial charge in [0.25, 0.3) is 5.91 Å². The molecule has 2 aliphatic heterocycles. The van der Waals surface area contributed by atoms with E-state index in [0.29, 0.717) is 6.04 Å². The summed E-state index contributed by atoms with van der Waals surface area (Å²) in [6.07, 6.45) is 3.77. The van der Waals surface area contributed by atoms with Crippen LogP contribution in [0.2, 0.25) is 0 Å². The fourth-order valence-electron chi connectivity index (χ4n) is 2.33. The van der Waals surface area contributed by atoms with Crippen molar-refractivity contribution in [2.24, 2.45) is 4.99 Å². The van der Waals surface area contributed by atoms with Crippen molar-refractivity contribution in [2.75, 3.05) is 5.32 Å². The van der Waals surface area contributed by atoms with Crippen molar-refractivity contribution in [2.45, 2.75) is 32.1 Å². The smallest absolute Gasteiger partial charge is 0.254 e. The van der Waals surface area contributed by atoms with Gasteiger partial charge in [0.2, 0.25) is 0 Å². The fraction of sp³-hybridized carbons (Fsp3) is 0.455. The quantitative estimate of drug-likeness (QED) is 0.766. The molecule has 3 heterocycles. The van der Waals surface area contributed by atoms with E-state index in [0.717, 1.165) is 5.82 Å². The maximum Gasteiger partial charge on any atom is 0.254 e. The van der Waals surface area contributed by atoms with E-state index in [1.54, 1.807) is 6.34 Å². The Labute approximate surface area is 93.8 Å². The van der Waals surface area contributed by atoms with Crippen LogP contribution in [0.25, 0.3) is 0 Å². The van der Waals surface area contributed by atoms with E-state index in [2.05, 4.69) is 33.6 Å². The molecule has 5 heteroatoms. The van der Waals surface area contributed by atoms with Gasteiger partial charge in [-0.1, -0.05) is 0 Å². The van der Waals surface area contributed by atoms with Gasteiger partial charge in [0.15, 0.2) is 6.04 Å². The second-order valence-electron chi connectivity index (χ2n) is 4.45. The van der Waals surface area contributed by atoms with Gasteiger partial charge in [0.05, 0.1) is 6.34 Å². The van der Waals surface area contributed by atoms with Crippen molar-refractivity contribution in [3.63, 3.8) is 0 Å². The Balaban J connectivity index is 2.07. The first-order chi connectivity index (χ1) is 7.68. The van der Waals surface area contributed by atoms with Gasteiger partial charge in [-0.2, -0.15) is 0 Å². The number of hydrogen-bond acceptors (Lipinski definition) is 3. The van der Waals surface area contributed by atoms with Crippen LogP contribution in [-0.2, 0) is 4.79 Å².